The molecule has 3 fully saturated rings. The molecule has 170 valence electrons. The van der Waals surface area contributed by atoms with E-state index in [1.54, 1.807) is 6.92 Å². The summed E-state index contributed by atoms with van der Waals surface area (Å²) in [6.45, 7) is 9.53. The van der Waals surface area contributed by atoms with Crippen molar-refractivity contribution in [2.45, 2.75) is 32.6 Å². The predicted octanol–water partition coefficient (Wildman–Crippen LogP) is 0.796. The minimum atomic E-state index is -0.759. The molecule has 30 heavy (non-hydrogen) atoms. The molecule has 3 amide bonds. The summed E-state index contributed by atoms with van der Waals surface area (Å²) < 4.78 is 5.35. The Labute approximate surface area is 178 Å². The van der Waals surface area contributed by atoms with E-state index in [0.717, 1.165) is 52.0 Å². The number of hydrogen-bond donors (Lipinski definition) is 1. The van der Waals surface area contributed by atoms with Gasteiger partial charge in [0.15, 0.2) is 0 Å². The van der Waals surface area contributed by atoms with E-state index in [1.165, 1.54) is 0 Å². The molecule has 0 unspecified atom stereocenters. The fraction of sp³-hybridized carbons (Fsp3) is 0.857. The predicted molar refractivity (Wildman–Crippen MR) is 111 cm³/mol. The highest BCUT2D eigenvalue weighted by Crippen LogP contribution is 2.30. The van der Waals surface area contributed by atoms with Crippen LogP contribution in [0.1, 0.15) is 32.6 Å². The number of aliphatic carboxylic acids is 1. The molecule has 3 saturated heterocycles. The molecule has 0 aromatic carbocycles. The number of piperidine rings is 1. The second-order valence-electron chi connectivity index (χ2n) is 8.72. The number of carbonyl (C=O) groups is 3. The Balaban J connectivity index is 1.56. The van der Waals surface area contributed by atoms with Gasteiger partial charge in [-0.25, -0.2) is 4.79 Å². The van der Waals surface area contributed by atoms with Gasteiger partial charge in [-0.05, 0) is 44.2 Å². The van der Waals surface area contributed by atoms with Crippen molar-refractivity contribution >= 4 is 17.9 Å². The second kappa shape index (κ2) is 10.9. The minimum Gasteiger partial charge on any atom is -0.481 e. The van der Waals surface area contributed by atoms with Crippen LogP contribution < -0.4 is 0 Å². The number of nitrogens with zero attached hydrogens (tertiary/aromatic N) is 4. The lowest BCUT2D eigenvalue weighted by molar-refractivity contribution is -0.139. The molecule has 3 aliphatic heterocycles. The first-order chi connectivity index (χ1) is 14.4. The molecule has 2 atom stereocenters. The first-order valence-electron chi connectivity index (χ1n) is 11.3. The van der Waals surface area contributed by atoms with Crippen LogP contribution in [0.2, 0.25) is 0 Å². The summed E-state index contributed by atoms with van der Waals surface area (Å²) >= 11 is 0. The Morgan fingerprint density at radius 3 is 2.37 bits per heavy atom. The fourth-order valence-corrected chi connectivity index (χ4v) is 4.89. The van der Waals surface area contributed by atoms with Gasteiger partial charge in [0.1, 0.15) is 0 Å². The standard InChI is InChI=1S/C21H36N4O5/c1-17(26)23-6-2-5-22(9-10-23)7-3-19-16-25(8-4-18(19)15-20(27)28)21(29)24-11-13-30-14-12-24/h18-19H,2-16H2,1H3,(H,27,28)/t18-,19-/m0/s1. The molecule has 0 aliphatic carbocycles. The van der Waals surface area contributed by atoms with Gasteiger partial charge < -0.3 is 29.4 Å². The topological polar surface area (TPSA) is 93.6 Å². The summed E-state index contributed by atoms with van der Waals surface area (Å²) in [6, 6.07) is 0.0592. The number of carbonyl (C=O) groups excluding carboxylic acids is 2. The largest absolute Gasteiger partial charge is 0.481 e. The van der Waals surface area contributed by atoms with Crippen LogP contribution in [0.4, 0.5) is 4.79 Å². The highest BCUT2D eigenvalue weighted by atomic mass is 16.5. The molecule has 0 bridgehead atoms. The zero-order chi connectivity index (χ0) is 21.5. The zero-order valence-electron chi connectivity index (χ0n) is 18.1. The molecule has 0 spiro atoms. The lowest BCUT2D eigenvalue weighted by atomic mass is 9.81. The Bertz CT molecular complexity index is 610. The lowest BCUT2D eigenvalue weighted by Crippen LogP contribution is -2.52. The van der Waals surface area contributed by atoms with Gasteiger partial charge in [0.25, 0.3) is 0 Å². The molecular formula is C21H36N4O5. The van der Waals surface area contributed by atoms with E-state index >= 15 is 0 Å². The van der Waals surface area contributed by atoms with E-state index in [4.69, 9.17) is 4.74 Å². The quantitative estimate of drug-likeness (QED) is 0.702. The minimum absolute atomic E-state index is 0.0592. The summed E-state index contributed by atoms with van der Waals surface area (Å²) in [7, 11) is 0. The molecule has 1 N–H and O–H groups in total. The van der Waals surface area contributed by atoms with Crippen molar-refractivity contribution in [1.29, 1.82) is 0 Å². The fourth-order valence-electron chi connectivity index (χ4n) is 4.89. The molecule has 3 heterocycles. The smallest absolute Gasteiger partial charge is 0.320 e. The van der Waals surface area contributed by atoms with Crippen LogP contribution in [0.25, 0.3) is 0 Å². The Kier molecular flexibility index (Phi) is 8.32. The molecule has 0 aromatic rings. The number of hydrogen-bond acceptors (Lipinski definition) is 5. The van der Waals surface area contributed by atoms with E-state index in [0.29, 0.717) is 39.4 Å². The summed E-state index contributed by atoms with van der Waals surface area (Å²) in [5.74, 6) is -0.336. The third-order valence-corrected chi connectivity index (χ3v) is 6.73. The lowest BCUT2D eigenvalue weighted by Gasteiger charge is -2.41. The number of carboxylic acids is 1. The summed E-state index contributed by atoms with van der Waals surface area (Å²) in [5, 5.41) is 9.35. The van der Waals surface area contributed by atoms with Gasteiger partial charge in [-0.1, -0.05) is 0 Å². The highest BCUT2D eigenvalue weighted by Gasteiger charge is 2.34. The molecule has 9 nitrogen and oxygen atoms in total. The van der Waals surface area contributed by atoms with Crippen molar-refractivity contribution in [1.82, 2.24) is 19.6 Å². The molecule has 9 heteroatoms. The maximum absolute atomic E-state index is 12.9. The van der Waals surface area contributed by atoms with Gasteiger partial charge >= 0.3 is 12.0 Å². The van der Waals surface area contributed by atoms with Crippen LogP contribution in [0.5, 0.6) is 0 Å². The average molecular weight is 425 g/mol. The highest BCUT2D eigenvalue weighted by molar-refractivity contribution is 5.75. The first-order valence-corrected chi connectivity index (χ1v) is 11.3. The number of ether oxygens (including phenoxy) is 1. The van der Waals surface area contributed by atoms with E-state index in [1.807, 2.05) is 14.7 Å². The van der Waals surface area contributed by atoms with E-state index in [-0.39, 0.29) is 30.2 Å². The van der Waals surface area contributed by atoms with Crippen LogP contribution in [-0.2, 0) is 14.3 Å². The molecule has 3 rings (SSSR count). The van der Waals surface area contributed by atoms with Gasteiger partial charge in [0, 0.05) is 59.2 Å². The third-order valence-electron chi connectivity index (χ3n) is 6.73. The molecular weight excluding hydrogens is 388 g/mol. The number of morpholine rings is 1. The van der Waals surface area contributed by atoms with E-state index in [2.05, 4.69) is 4.90 Å². The number of rotatable bonds is 5. The van der Waals surface area contributed by atoms with Gasteiger partial charge in [0.05, 0.1) is 13.2 Å². The van der Waals surface area contributed by atoms with Crippen LogP contribution in [0.15, 0.2) is 0 Å². The van der Waals surface area contributed by atoms with Crippen molar-refractivity contribution in [3.63, 3.8) is 0 Å². The van der Waals surface area contributed by atoms with Crippen LogP contribution in [-0.4, -0.2) is 115 Å². The van der Waals surface area contributed by atoms with Crippen molar-refractivity contribution < 1.29 is 24.2 Å². The number of amides is 3. The summed E-state index contributed by atoms with van der Waals surface area (Å²) in [4.78, 5) is 44.0. The van der Waals surface area contributed by atoms with E-state index in [9.17, 15) is 19.5 Å². The van der Waals surface area contributed by atoms with Crippen LogP contribution in [0, 0.1) is 11.8 Å². The molecule has 0 radical (unpaired) electrons. The maximum Gasteiger partial charge on any atom is 0.320 e. The number of carboxylic acid groups (broad SMARTS) is 1. The normalized spacial score (nSPS) is 26.4. The summed E-state index contributed by atoms with van der Waals surface area (Å²) in [5.41, 5.74) is 0. The van der Waals surface area contributed by atoms with Gasteiger partial charge in [0.2, 0.25) is 5.91 Å². The molecule has 3 aliphatic rings. The van der Waals surface area contributed by atoms with E-state index < -0.39 is 5.97 Å². The SMILES string of the molecule is CC(=O)N1CCCN(CC[C@H]2CN(C(=O)N3CCOCC3)CC[C@H]2CC(=O)O)CC1. The van der Waals surface area contributed by atoms with Gasteiger partial charge in [-0.3, -0.25) is 9.59 Å². The van der Waals surface area contributed by atoms with Gasteiger partial charge in [-0.15, -0.1) is 0 Å². The van der Waals surface area contributed by atoms with Crippen molar-refractivity contribution in [3.8, 4) is 0 Å². The second-order valence-corrected chi connectivity index (χ2v) is 8.72. The summed E-state index contributed by atoms with van der Waals surface area (Å²) in [6.07, 6.45) is 2.75. The Hall–Kier alpha value is -1.87. The Morgan fingerprint density at radius 1 is 0.900 bits per heavy atom. The first kappa shape index (κ1) is 22.8. The molecule has 0 aromatic heterocycles. The monoisotopic (exact) mass is 424 g/mol. The number of likely N-dealkylation sites (tertiary alicyclic amines) is 1. The van der Waals surface area contributed by atoms with Gasteiger partial charge in [-0.2, -0.15) is 0 Å². The van der Waals surface area contributed by atoms with Crippen molar-refractivity contribution in [2.24, 2.45) is 11.8 Å². The third kappa shape index (κ3) is 6.31. The molecule has 0 saturated carbocycles. The van der Waals surface area contributed by atoms with Crippen LogP contribution >= 0.6 is 0 Å². The maximum atomic E-state index is 12.9. The number of urea groups is 1. The van der Waals surface area contributed by atoms with Crippen molar-refractivity contribution in [3.05, 3.63) is 0 Å². The zero-order valence-corrected chi connectivity index (χ0v) is 18.1. The Morgan fingerprint density at radius 2 is 1.67 bits per heavy atom. The van der Waals surface area contributed by atoms with Crippen LogP contribution in [0.3, 0.4) is 0 Å². The average Bonchev–Trinajstić information content (AvgIpc) is 2.98. The van der Waals surface area contributed by atoms with Crippen molar-refractivity contribution in [2.75, 3.05) is 72.1 Å².